The van der Waals surface area contributed by atoms with Crippen LogP contribution in [0, 0.1) is 25.1 Å². The number of hydrogen-bond acceptors (Lipinski definition) is 4. The lowest BCUT2D eigenvalue weighted by Crippen LogP contribution is -2.28. The van der Waals surface area contributed by atoms with Crippen LogP contribution in [0.2, 0.25) is 0 Å². The highest BCUT2D eigenvalue weighted by atomic mass is 32.2. The summed E-state index contributed by atoms with van der Waals surface area (Å²) in [5.41, 5.74) is 2.06. The Labute approximate surface area is 144 Å². The molecule has 2 saturated heterocycles. The topological polar surface area (TPSA) is 40.6 Å². The van der Waals surface area contributed by atoms with Crippen LogP contribution < -0.4 is 4.90 Å². The third kappa shape index (κ3) is 3.04. The highest BCUT2D eigenvalue weighted by Crippen LogP contribution is 2.34. The van der Waals surface area contributed by atoms with Crippen LogP contribution in [0.3, 0.4) is 0 Å². The number of rotatable bonds is 3. The molecule has 0 spiro atoms. The molecule has 0 bridgehead atoms. The summed E-state index contributed by atoms with van der Waals surface area (Å²) in [4.78, 5) is 27.3. The van der Waals surface area contributed by atoms with Crippen molar-refractivity contribution in [2.45, 2.75) is 19.8 Å². The third-order valence-corrected chi connectivity index (χ3v) is 5.10. The number of benzene rings is 1. The van der Waals surface area contributed by atoms with Gasteiger partial charge in [0.15, 0.2) is 0 Å². The van der Waals surface area contributed by atoms with Crippen molar-refractivity contribution in [1.29, 1.82) is 0 Å². The lowest BCUT2D eigenvalue weighted by atomic mass is 10.1. The molecule has 2 aliphatic rings. The van der Waals surface area contributed by atoms with E-state index >= 15 is 0 Å². The molecule has 2 amide bonds. The molecular formula is C18H17FN2O2S. The molecule has 0 aliphatic carbocycles. The summed E-state index contributed by atoms with van der Waals surface area (Å²) in [5, 5.41) is -0.393. The van der Waals surface area contributed by atoms with E-state index in [2.05, 4.69) is 5.92 Å². The summed E-state index contributed by atoms with van der Waals surface area (Å²) in [6.45, 7) is 3.54. The van der Waals surface area contributed by atoms with Gasteiger partial charge in [-0.1, -0.05) is 5.92 Å². The Morgan fingerprint density at radius 1 is 1.33 bits per heavy atom. The van der Waals surface area contributed by atoms with Gasteiger partial charge in [-0.25, -0.2) is 4.39 Å². The van der Waals surface area contributed by atoms with Crippen molar-refractivity contribution >= 4 is 34.7 Å². The van der Waals surface area contributed by atoms with Gasteiger partial charge in [0.2, 0.25) is 0 Å². The fraction of sp³-hybridized carbons (Fsp3) is 0.333. The van der Waals surface area contributed by atoms with Crippen LogP contribution >= 0.6 is 11.8 Å². The molecule has 0 aromatic heterocycles. The van der Waals surface area contributed by atoms with E-state index in [0.717, 1.165) is 48.2 Å². The van der Waals surface area contributed by atoms with Crippen LogP contribution in [0.25, 0.3) is 6.08 Å². The summed E-state index contributed by atoms with van der Waals surface area (Å²) in [5.74, 6) is 1.56. The third-order valence-electron chi connectivity index (χ3n) is 4.19. The zero-order chi connectivity index (χ0) is 17.3. The van der Waals surface area contributed by atoms with Gasteiger partial charge in [0.05, 0.1) is 17.1 Å². The van der Waals surface area contributed by atoms with Crippen molar-refractivity contribution < 1.29 is 14.0 Å². The molecule has 1 aromatic carbocycles. The SMILES string of the molecule is C#CCN1C(=O)S/C(=C\c2cc(F)c(N3CCCC3)cc2C)C1=O. The highest BCUT2D eigenvalue weighted by Gasteiger charge is 2.34. The molecule has 0 saturated carbocycles. The van der Waals surface area contributed by atoms with Crippen LogP contribution in [0.5, 0.6) is 0 Å². The van der Waals surface area contributed by atoms with Gasteiger partial charge in [0.1, 0.15) is 5.82 Å². The van der Waals surface area contributed by atoms with Gasteiger partial charge in [0.25, 0.3) is 11.1 Å². The van der Waals surface area contributed by atoms with Crippen molar-refractivity contribution in [3.63, 3.8) is 0 Å². The van der Waals surface area contributed by atoms with Gasteiger partial charge in [-0.3, -0.25) is 14.5 Å². The van der Waals surface area contributed by atoms with E-state index in [0.29, 0.717) is 11.3 Å². The quantitative estimate of drug-likeness (QED) is 0.622. The van der Waals surface area contributed by atoms with Gasteiger partial charge in [0, 0.05) is 13.1 Å². The highest BCUT2D eigenvalue weighted by molar-refractivity contribution is 8.18. The second kappa shape index (κ2) is 6.70. The van der Waals surface area contributed by atoms with Gasteiger partial charge in [-0.05, 0) is 60.9 Å². The van der Waals surface area contributed by atoms with E-state index in [9.17, 15) is 14.0 Å². The maximum Gasteiger partial charge on any atom is 0.294 e. The van der Waals surface area contributed by atoms with Gasteiger partial charge >= 0.3 is 0 Å². The summed E-state index contributed by atoms with van der Waals surface area (Å²) < 4.78 is 14.5. The van der Waals surface area contributed by atoms with E-state index < -0.39 is 11.1 Å². The molecule has 0 radical (unpaired) electrons. The zero-order valence-electron chi connectivity index (χ0n) is 13.3. The summed E-state index contributed by atoms with van der Waals surface area (Å²) in [6, 6.07) is 3.23. The molecule has 2 aliphatic heterocycles. The average Bonchev–Trinajstić information content (AvgIpc) is 3.15. The van der Waals surface area contributed by atoms with E-state index in [-0.39, 0.29) is 17.3 Å². The minimum absolute atomic E-state index is 0.0523. The number of carbonyl (C=O) groups is 2. The Morgan fingerprint density at radius 3 is 2.71 bits per heavy atom. The van der Waals surface area contributed by atoms with Crippen molar-refractivity contribution in [3.8, 4) is 12.3 Å². The number of aryl methyl sites for hydroxylation is 1. The Balaban J connectivity index is 1.90. The molecule has 2 fully saturated rings. The maximum absolute atomic E-state index is 14.5. The van der Waals surface area contributed by atoms with E-state index in [1.807, 2.05) is 11.8 Å². The number of hydrogen-bond donors (Lipinski definition) is 0. The normalized spacial score (nSPS) is 19.5. The lowest BCUT2D eigenvalue weighted by Gasteiger charge is -2.19. The smallest absolute Gasteiger partial charge is 0.294 e. The van der Waals surface area contributed by atoms with Crippen LogP contribution in [0.4, 0.5) is 14.9 Å². The van der Waals surface area contributed by atoms with Crippen molar-refractivity contribution in [1.82, 2.24) is 4.90 Å². The Morgan fingerprint density at radius 2 is 2.04 bits per heavy atom. The lowest BCUT2D eigenvalue weighted by molar-refractivity contribution is -0.122. The van der Waals surface area contributed by atoms with Crippen molar-refractivity contribution in [3.05, 3.63) is 34.0 Å². The molecule has 0 atom stereocenters. The Kier molecular flexibility index (Phi) is 4.63. The van der Waals surface area contributed by atoms with Crippen LogP contribution in [-0.2, 0) is 4.79 Å². The van der Waals surface area contributed by atoms with E-state index in [4.69, 9.17) is 6.42 Å². The van der Waals surface area contributed by atoms with Crippen LogP contribution in [0.1, 0.15) is 24.0 Å². The first-order valence-electron chi connectivity index (χ1n) is 7.75. The zero-order valence-corrected chi connectivity index (χ0v) is 14.2. The summed E-state index contributed by atoms with van der Waals surface area (Å²) in [6.07, 6.45) is 8.88. The van der Waals surface area contributed by atoms with E-state index in [1.165, 1.54) is 6.07 Å². The number of amides is 2. The molecule has 0 unspecified atom stereocenters. The molecule has 3 rings (SSSR count). The van der Waals surface area contributed by atoms with Gasteiger partial charge in [-0.15, -0.1) is 6.42 Å². The number of anilines is 1. The monoisotopic (exact) mass is 344 g/mol. The molecule has 4 nitrogen and oxygen atoms in total. The minimum atomic E-state index is -0.425. The summed E-state index contributed by atoms with van der Waals surface area (Å²) >= 11 is 0.831. The molecule has 2 heterocycles. The van der Waals surface area contributed by atoms with Crippen molar-refractivity contribution in [2.24, 2.45) is 0 Å². The predicted octanol–water partition coefficient (Wildman–Crippen LogP) is 3.40. The first kappa shape index (κ1) is 16.6. The maximum atomic E-state index is 14.5. The first-order chi connectivity index (χ1) is 11.5. The number of halogens is 1. The second-order valence-electron chi connectivity index (χ2n) is 5.83. The summed E-state index contributed by atoms with van der Waals surface area (Å²) in [7, 11) is 0. The van der Waals surface area contributed by atoms with Crippen molar-refractivity contribution in [2.75, 3.05) is 24.5 Å². The minimum Gasteiger partial charge on any atom is -0.369 e. The molecule has 1 aromatic rings. The first-order valence-corrected chi connectivity index (χ1v) is 8.57. The van der Waals surface area contributed by atoms with Crippen LogP contribution in [0.15, 0.2) is 17.0 Å². The molecular weight excluding hydrogens is 327 g/mol. The Bertz CT molecular complexity index is 776. The fourth-order valence-electron chi connectivity index (χ4n) is 2.91. The average molecular weight is 344 g/mol. The van der Waals surface area contributed by atoms with Gasteiger partial charge in [-0.2, -0.15) is 0 Å². The molecule has 124 valence electrons. The standard InChI is InChI=1S/C18H17FN2O2S/c1-3-6-21-17(22)16(24-18(21)23)11-13-10-14(19)15(9-12(13)2)20-7-4-5-8-20/h1,9-11H,4-8H2,2H3/b16-11-. The number of nitrogens with zero attached hydrogens (tertiary/aromatic N) is 2. The largest absolute Gasteiger partial charge is 0.369 e. The second-order valence-corrected chi connectivity index (χ2v) is 6.82. The predicted molar refractivity (Wildman–Crippen MR) is 94.1 cm³/mol. The van der Waals surface area contributed by atoms with Gasteiger partial charge < -0.3 is 4.90 Å². The molecule has 0 N–H and O–H groups in total. The molecule has 24 heavy (non-hydrogen) atoms. The number of imide groups is 1. The fourth-order valence-corrected chi connectivity index (χ4v) is 3.74. The van der Waals surface area contributed by atoms with Crippen LogP contribution in [-0.4, -0.2) is 35.7 Å². The van der Waals surface area contributed by atoms with E-state index in [1.54, 1.807) is 12.1 Å². The molecule has 6 heteroatoms. The Hall–Kier alpha value is -2.26. The number of carbonyl (C=O) groups excluding carboxylic acids is 2. The number of terminal acetylenes is 1. The number of thioether (sulfide) groups is 1.